The molecule has 1 saturated carbocycles. The van der Waals surface area contributed by atoms with Crippen molar-refractivity contribution in [1.82, 2.24) is 10.6 Å². The van der Waals surface area contributed by atoms with Gasteiger partial charge in [0.15, 0.2) is 0 Å². The average molecular weight is 279 g/mol. The molecule has 0 atom stereocenters. The van der Waals surface area contributed by atoms with Crippen molar-refractivity contribution in [3.63, 3.8) is 0 Å². The van der Waals surface area contributed by atoms with Crippen LogP contribution in [0.2, 0.25) is 0 Å². The van der Waals surface area contributed by atoms with Gasteiger partial charge in [0.1, 0.15) is 5.82 Å². The van der Waals surface area contributed by atoms with Gasteiger partial charge in [-0.25, -0.2) is 4.39 Å². The van der Waals surface area contributed by atoms with Gasteiger partial charge in [0.05, 0.1) is 5.54 Å². The molecule has 0 spiro atoms. The first-order valence-corrected chi connectivity index (χ1v) is 6.62. The van der Waals surface area contributed by atoms with E-state index in [0.29, 0.717) is 25.1 Å². The lowest BCUT2D eigenvalue weighted by atomic mass is 10.2. The van der Waals surface area contributed by atoms with Crippen LogP contribution in [-0.2, 0) is 4.79 Å². The van der Waals surface area contributed by atoms with Crippen LogP contribution < -0.4 is 16.4 Å². The molecular weight excluding hydrogens is 261 g/mol. The van der Waals surface area contributed by atoms with Gasteiger partial charge < -0.3 is 16.4 Å². The van der Waals surface area contributed by atoms with Gasteiger partial charge in [0.2, 0.25) is 5.91 Å². The Bertz CT molecular complexity index is 498. The maximum absolute atomic E-state index is 12.7. The third kappa shape index (κ3) is 3.77. The summed E-state index contributed by atoms with van der Waals surface area (Å²) < 4.78 is 12.7. The number of hydrogen-bond acceptors (Lipinski definition) is 3. The molecule has 0 heterocycles. The molecule has 1 aliphatic carbocycles. The molecule has 20 heavy (non-hydrogen) atoms. The summed E-state index contributed by atoms with van der Waals surface area (Å²) in [6.07, 6.45) is 2.09. The number of hydrogen-bond donors (Lipinski definition) is 3. The third-order valence-electron chi connectivity index (χ3n) is 3.27. The molecule has 0 aliphatic heterocycles. The van der Waals surface area contributed by atoms with Gasteiger partial charge in [-0.15, -0.1) is 0 Å². The summed E-state index contributed by atoms with van der Waals surface area (Å²) in [5.74, 6) is -0.753. The predicted octanol–water partition coefficient (Wildman–Crippen LogP) is 0.553. The minimum atomic E-state index is -0.655. The van der Waals surface area contributed by atoms with Gasteiger partial charge in [-0.1, -0.05) is 0 Å². The summed E-state index contributed by atoms with van der Waals surface area (Å²) in [5.41, 5.74) is 5.48. The standard InChI is InChI=1S/C14H18FN3O2/c15-11-4-2-10(3-5-11)12(19)17-8-1-9-18-13(20)14(16)6-7-14/h2-5H,1,6-9,16H2,(H,17,19)(H,18,20). The van der Waals surface area contributed by atoms with E-state index in [4.69, 9.17) is 5.73 Å². The molecule has 0 bridgehead atoms. The van der Waals surface area contributed by atoms with Crippen LogP contribution in [0.5, 0.6) is 0 Å². The smallest absolute Gasteiger partial charge is 0.251 e. The molecule has 0 saturated heterocycles. The molecule has 1 aromatic carbocycles. The zero-order chi connectivity index (χ0) is 14.6. The van der Waals surface area contributed by atoms with Gasteiger partial charge in [0, 0.05) is 18.7 Å². The number of nitrogens with one attached hydrogen (secondary N) is 2. The number of carbonyl (C=O) groups excluding carboxylic acids is 2. The van der Waals surface area contributed by atoms with Gasteiger partial charge in [-0.05, 0) is 43.5 Å². The van der Waals surface area contributed by atoms with Crippen LogP contribution in [0.4, 0.5) is 4.39 Å². The summed E-state index contributed by atoms with van der Waals surface area (Å²) in [4.78, 5) is 23.2. The van der Waals surface area contributed by atoms with Gasteiger partial charge >= 0.3 is 0 Å². The average Bonchev–Trinajstić information content (AvgIpc) is 3.18. The van der Waals surface area contributed by atoms with E-state index in [2.05, 4.69) is 10.6 Å². The Balaban J connectivity index is 1.62. The largest absolute Gasteiger partial charge is 0.354 e. The summed E-state index contributed by atoms with van der Waals surface area (Å²) in [6.45, 7) is 0.912. The number of rotatable bonds is 6. The predicted molar refractivity (Wildman–Crippen MR) is 72.5 cm³/mol. The van der Waals surface area contributed by atoms with E-state index in [0.717, 1.165) is 12.8 Å². The van der Waals surface area contributed by atoms with Crippen LogP contribution in [0, 0.1) is 5.82 Å². The normalized spacial score (nSPS) is 15.5. The van der Waals surface area contributed by atoms with Crippen molar-refractivity contribution >= 4 is 11.8 Å². The summed E-state index contributed by atoms with van der Waals surface area (Å²) >= 11 is 0. The molecular formula is C14H18FN3O2. The lowest BCUT2D eigenvalue weighted by Crippen LogP contribution is -2.43. The van der Waals surface area contributed by atoms with E-state index in [1.165, 1.54) is 24.3 Å². The fraction of sp³-hybridized carbons (Fsp3) is 0.429. The molecule has 108 valence electrons. The first-order valence-electron chi connectivity index (χ1n) is 6.62. The zero-order valence-corrected chi connectivity index (χ0v) is 11.1. The van der Waals surface area contributed by atoms with Gasteiger partial charge in [0.25, 0.3) is 5.91 Å². The molecule has 1 aromatic rings. The first kappa shape index (κ1) is 14.5. The van der Waals surface area contributed by atoms with Gasteiger partial charge in [-0.3, -0.25) is 9.59 Å². The fourth-order valence-corrected chi connectivity index (χ4v) is 1.73. The summed E-state index contributed by atoms with van der Waals surface area (Å²) in [7, 11) is 0. The van der Waals surface area contributed by atoms with Crippen molar-refractivity contribution in [1.29, 1.82) is 0 Å². The molecule has 1 aliphatic rings. The number of halogens is 1. The van der Waals surface area contributed by atoms with Crippen molar-refractivity contribution in [2.45, 2.75) is 24.8 Å². The minimum Gasteiger partial charge on any atom is -0.354 e. The molecule has 0 radical (unpaired) electrons. The third-order valence-corrected chi connectivity index (χ3v) is 3.27. The van der Waals surface area contributed by atoms with Crippen LogP contribution in [0.1, 0.15) is 29.6 Å². The Morgan fingerprint density at radius 2 is 1.75 bits per heavy atom. The molecule has 2 rings (SSSR count). The second-order valence-corrected chi connectivity index (χ2v) is 5.03. The number of benzene rings is 1. The van der Waals surface area contributed by atoms with E-state index in [9.17, 15) is 14.0 Å². The highest BCUT2D eigenvalue weighted by Gasteiger charge is 2.45. The minimum absolute atomic E-state index is 0.123. The molecule has 6 heteroatoms. The highest BCUT2D eigenvalue weighted by molar-refractivity contribution is 5.94. The van der Waals surface area contributed by atoms with Crippen LogP contribution >= 0.6 is 0 Å². The molecule has 5 nitrogen and oxygen atoms in total. The molecule has 0 unspecified atom stereocenters. The highest BCUT2D eigenvalue weighted by atomic mass is 19.1. The van der Waals surface area contributed by atoms with E-state index in [-0.39, 0.29) is 17.6 Å². The first-order chi connectivity index (χ1) is 9.51. The molecule has 2 amide bonds. The maximum atomic E-state index is 12.7. The van der Waals surface area contributed by atoms with E-state index < -0.39 is 5.54 Å². The van der Waals surface area contributed by atoms with E-state index in [1.807, 2.05) is 0 Å². The lowest BCUT2D eigenvalue weighted by molar-refractivity contribution is -0.123. The quantitative estimate of drug-likeness (QED) is 0.665. The Morgan fingerprint density at radius 1 is 1.15 bits per heavy atom. The van der Waals surface area contributed by atoms with Crippen LogP contribution in [0.3, 0.4) is 0 Å². The fourth-order valence-electron chi connectivity index (χ4n) is 1.73. The van der Waals surface area contributed by atoms with Crippen molar-refractivity contribution in [2.75, 3.05) is 13.1 Å². The topological polar surface area (TPSA) is 84.2 Å². The van der Waals surface area contributed by atoms with Crippen molar-refractivity contribution in [2.24, 2.45) is 5.73 Å². The SMILES string of the molecule is NC1(C(=O)NCCCNC(=O)c2ccc(F)cc2)CC1. The zero-order valence-electron chi connectivity index (χ0n) is 11.1. The Labute approximate surface area is 116 Å². The Kier molecular flexibility index (Phi) is 4.34. The van der Waals surface area contributed by atoms with E-state index >= 15 is 0 Å². The molecule has 4 N–H and O–H groups in total. The van der Waals surface area contributed by atoms with E-state index in [1.54, 1.807) is 0 Å². The number of amides is 2. The highest BCUT2D eigenvalue weighted by Crippen LogP contribution is 2.31. The molecule has 0 aromatic heterocycles. The van der Waals surface area contributed by atoms with Crippen LogP contribution in [0.15, 0.2) is 24.3 Å². The van der Waals surface area contributed by atoms with Crippen LogP contribution in [0.25, 0.3) is 0 Å². The number of nitrogens with two attached hydrogens (primary N) is 1. The second kappa shape index (κ2) is 6.00. The number of carbonyl (C=O) groups is 2. The van der Waals surface area contributed by atoms with Crippen LogP contribution in [-0.4, -0.2) is 30.4 Å². The van der Waals surface area contributed by atoms with Crippen molar-refractivity contribution in [3.8, 4) is 0 Å². The monoisotopic (exact) mass is 279 g/mol. The van der Waals surface area contributed by atoms with Gasteiger partial charge in [-0.2, -0.15) is 0 Å². The molecule has 1 fully saturated rings. The maximum Gasteiger partial charge on any atom is 0.251 e. The van der Waals surface area contributed by atoms with Crippen molar-refractivity contribution < 1.29 is 14.0 Å². The Hall–Kier alpha value is -1.95. The second-order valence-electron chi connectivity index (χ2n) is 5.03. The van der Waals surface area contributed by atoms with Crippen molar-refractivity contribution in [3.05, 3.63) is 35.6 Å². The summed E-state index contributed by atoms with van der Waals surface area (Å²) in [6, 6.07) is 5.34. The summed E-state index contributed by atoms with van der Waals surface area (Å²) in [5, 5.41) is 5.44. The lowest BCUT2D eigenvalue weighted by Gasteiger charge is -2.10. The Morgan fingerprint density at radius 3 is 2.35 bits per heavy atom.